The van der Waals surface area contributed by atoms with Crippen molar-refractivity contribution in [3.05, 3.63) is 34.2 Å². The molecule has 1 aliphatic heterocycles. The summed E-state index contributed by atoms with van der Waals surface area (Å²) in [7, 11) is 0. The lowest BCUT2D eigenvalue weighted by Crippen LogP contribution is -2.43. The summed E-state index contributed by atoms with van der Waals surface area (Å²) in [6.45, 7) is 4.21. The molecule has 0 aromatic carbocycles. The summed E-state index contributed by atoms with van der Waals surface area (Å²) >= 11 is 0. The summed E-state index contributed by atoms with van der Waals surface area (Å²) in [4.78, 5) is 27.6. The molecule has 1 aliphatic rings. The number of pyridine rings is 1. The Morgan fingerprint density at radius 3 is 3.05 bits per heavy atom. The zero-order valence-electron chi connectivity index (χ0n) is 11.2. The van der Waals surface area contributed by atoms with Crippen molar-refractivity contribution in [2.24, 2.45) is 0 Å². The number of carbonyl (C=O) groups excluding carboxylic acids is 1. The highest BCUT2D eigenvalue weighted by molar-refractivity contribution is 5.93. The van der Waals surface area contributed by atoms with Crippen molar-refractivity contribution in [3.63, 3.8) is 0 Å². The second-order valence-electron chi connectivity index (χ2n) is 4.83. The number of piperidine rings is 1. The van der Waals surface area contributed by atoms with Crippen LogP contribution in [0.3, 0.4) is 0 Å². The molecule has 5 heteroatoms. The lowest BCUT2D eigenvalue weighted by atomic mass is 10.1. The molecule has 0 aliphatic carbocycles. The van der Waals surface area contributed by atoms with E-state index in [2.05, 4.69) is 11.9 Å². The zero-order chi connectivity index (χ0) is 13.7. The van der Waals surface area contributed by atoms with E-state index in [0.29, 0.717) is 12.1 Å². The van der Waals surface area contributed by atoms with Gasteiger partial charge in [-0.3, -0.25) is 9.59 Å². The molecule has 2 heterocycles. The molecule has 1 unspecified atom stereocenters. The first kappa shape index (κ1) is 13.8. The number of likely N-dealkylation sites (tertiary alicyclic amines) is 1. The van der Waals surface area contributed by atoms with E-state index >= 15 is 0 Å². The molecule has 19 heavy (non-hydrogen) atoms. The van der Waals surface area contributed by atoms with E-state index < -0.39 is 0 Å². The van der Waals surface area contributed by atoms with Crippen LogP contribution in [0, 0.1) is 0 Å². The molecule has 5 nitrogen and oxygen atoms in total. The molecule has 1 saturated heterocycles. The Kier molecular flexibility index (Phi) is 4.74. The maximum Gasteiger partial charge on any atom is 0.255 e. The predicted octanol–water partition coefficient (Wildman–Crippen LogP) is 1.41. The summed E-state index contributed by atoms with van der Waals surface area (Å²) < 4.78 is 5.72. The minimum atomic E-state index is -0.195. The van der Waals surface area contributed by atoms with Gasteiger partial charge in [0.2, 0.25) is 5.56 Å². The van der Waals surface area contributed by atoms with Crippen LogP contribution in [0.2, 0.25) is 0 Å². The summed E-state index contributed by atoms with van der Waals surface area (Å²) in [5, 5.41) is 0. The second kappa shape index (κ2) is 6.52. The summed E-state index contributed by atoms with van der Waals surface area (Å²) in [5.41, 5.74) is 0.329. The molecule has 0 spiro atoms. The van der Waals surface area contributed by atoms with Crippen LogP contribution in [-0.4, -0.2) is 41.6 Å². The molecule has 104 valence electrons. The average molecular weight is 264 g/mol. The quantitative estimate of drug-likeness (QED) is 0.894. The van der Waals surface area contributed by atoms with E-state index in [-0.39, 0.29) is 17.6 Å². The SMILES string of the molecule is CCCOC1CCCN(C(=O)c2ccc(=O)[nH]c2)C1. The number of nitrogens with zero attached hydrogens (tertiary/aromatic N) is 1. The van der Waals surface area contributed by atoms with Crippen molar-refractivity contribution in [2.75, 3.05) is 19.7 Å². The van der Waals surface area contributed by atoms with Gasteiger partial charge in [0.05, 0.1) is 11.7 Å². The highest BCUT2D eigenvalue weighted by atomic mass is 16.5. The van der Waals surface area contributed by atoms with E-state index in [9.17, 15) is 9.59 Å². The maximum absolute atomic E-state index is 12.3. The topological polar surface area (TPSA) is 62.4 Å². The molecular formula is C14H20N2O3. The fourth-order valence-electron chi connectivity index (χ4n) is 2.27. The van der Waals surface area contributed by atoms with E-state index in [1.807, 2.05) is 0 Å². The van der Waals surface area contributed by atoms with Crippen LogP contribution >= 0.6 is 0 Å². The normalized spacial score (nSPS) is 19.4. The average Bonchev–Trinajstić information content (AvgIpc) is 2.45. The molecule has 1 aromatic heterocycles. The molecule has 1 atom stereocenters. The van der Waals surface area contributed by atoms with Crippen LogP contribution < -0.4 is 5.56 Å². The van der Waals surface area contributed by atoms with Gasteiger partial charge >= 0.3 is 0 Å². The Morgan fingerprint density at radius 1 is 1.53 bits per heavy atom. The van der Waals surface area contributed by atoms with Crippen LogP contribution in [0.1, 0.15) is 36.5 Å². The van der Waals surface area contributed by atoms with Gasteiger partial charge in [0.25, 0.3) is 5.91 Å². The fraction of sp³-hybridized carbons (Fsp3) is 0.571. The maximum atomic E-state index is 12.3. The monoisotopic (exact) mass is 264 g/mol. The van der Waals surface area contributed by atoms with Gasteiger partial charge in [-0.25, -0.2) is 0 Å². The second-order valence-corrected chi connectivity index (χ2v) is 4.83. The first-order valence-electron chi connectivity index (χ1n) is 6.80. The Hall–Kier alpha value is -1.62. The molecular weight excluding hydrogens is 244 g/mol. The van der Waals surface area contributed by atoms with Crippen LogP contribution in [-0.2, 0) is 4.74 Å². The van der Waals surface area contributed by atoms with E-state index in [0.717, 1.165) is 32.4 Å². The molecule has 1 amide bonds. The van der Waals surface area contributed by atoms with Gasteiger partial charge in [-0.05, 0) is 25.3 Å². The lowest BCUT2D eigenvalue weighted by Gasteiger charge is -2.32. The fourth-order valence-corrected chi connectivity index (χ4v) is 2.27. The van der Waals surface area contributed by atoms with Crippen LogP contribution in [0.5, 0.6) is 0 Å². The van der Waals surface area contributed by atoms with Gasteiger partial charge < -0.3 is 14.6 Å². The number of aromatic amines is 1. The first-order chi connectivity index (χ1) is 9.20. The molecule has 1 N–H and O–H groups in total. The predicted molar refractivity (Wildman–Crippen MR) is 72.2 cm³/mol. The molecule has 0 radical (unpaired) electrons. The van der Waals surface area contributed by atoms with Crippen molar-refractivity contribution in [1.82, 2.24) is 9.88 Å². The third kappa shape index (κ3) is 3.67. The highest BCUT2D eigenvalue weighted by Crippen LogP contribution is 2.15. The van der Waals surface area contributed by atoms with E-state index in [1.54, 1.807) is 11.0 Å². The number of carbonyl (C=O) groups is 1. The Labute approximate surface area is 112 Å². The number of H-pyrrole nitrogens is 1. The molecule has 0 saturated carbocycles. The van der Waals surface area contributed by atoms with Crippen molar-refractivity contribution in [1.29, 1.82) is 0 Å². The van der Waals surface area contributed by atoms with Crippen molar-refractivity contribution in [3.8, 4) is 0 Å². The zero-order valence-corrected chi connectivity index (χ0v) is 11.2. The summed E-state index contributed by atoms with van der Waals surface area (Å²) in [6, 6.07) is 2.94. The van der Waals surface area contributed by atoms with E-state index in [1.165, 1.54) is 12.3 Å². The van der Waals surface area contributed by atoms with Gasteiger partial charge in [0.1, 0.15) is 0 Å². The molecule has 1 fully saturated rings. The Morgan fingerprint density at radius 2 is 2.37 bits per heavy atom. The number of rotatable bonds is 4. The van der Waals surface area contributed by atoms with Gasteiger partial charge in [-0.1, -0.05) is 6.92 Å². The number of amides is 1. The van der Waals surface area contributed by atoms with Crippen LogP contribution in [0.25, 0.3) is 0 Å². The van der Waals surface area contributed by atoms with Gasteiger partial charge in [0, 0.05) is 32.0 Å². The van der Waals surface area contributed by atoms with Gasteiger partial charge in [-0.2, -0.15) is 0 Å². The van der Waals surface area contributed by atoms with Crippen molar-refractivity contribution >= 4 is 5.91 Å². The lowest BCUT2D eigenvalue weighted by molar-refractivity contribution is 0.00210. The van der Waals surface area contributed by atoms with Crippen LogP contribution in [0.4, 0.5) is 0 Å². The number of hydrogen-bond acceptors (Lipinski definition) is 3. The number of hydrogen-bond donors (Lipinski definition) is 1. The minimum absolute atomic E-state index is 0.0407. The number of nitrogens with one attached hydrogen (secondary N) is 1. The smallest absolute Gasteiger partial charge is 0.255 e. The largest absolute Gasteiger partial charge is 0.376 e. The Balaban J connectivity index is 1.98. The van der Waals surface area contributed by atoms with Gasteiger partial charge in [-0.15, -0.1) is 0 Å². The number of aromatic nitrogens is 1. The highest BCUT2D eigenvalue weighted by Gasteiger charge is 2.24. The third-order valence-electron chi connectivity index (χ3n) is 3.25. The van der Waals surface area contributed by atoms with Gasteiger partial charge in [0.15, 0.2) is 0 Å². The van der Waals surface area contributed by atoms with Crippen molar-refractivity contribution in [2.45, 2.75) is 32.3 Å². The standard InChI is InChI=1S/C14H20N2O3/c1-2-8-19-12-4-3-7-16(10-12)14(18)11-5-6-13(17)15-9-11/h5-6,9,12H,2-4,7-8,10H2,1H3,(H,15,17). The van der Waals surface area contributed by atoms with Crippen LogP contribution in [0.15, 0.2) is 23.1 Å². The Bertz CT molecular complexity index is 463. The molecule has 0 bridgehead atoms. The molecule has 1 aromatic rings. The minimum Gasteiger partial charge on any atom is -0.376 e. The summed E-state index contributed by atoms with van der Waals surface area (Å²) in [5.74, 6) is -0.0407. The summed E-state index contributed by atoms with van der Waals surface area (Å²) in [6.07, 6.45) is 4.57. The molecule has 2 rings (SSSR count). The number of ether oxygens (including phenoxy) is 1. The van der Waals surface area contributed by atoms with Crippen molar-refractivity contribution < 1.29 is 9.53 Å². The third-order valence-corrected chi connectivity index (χ3v) is 3.25. The van der Waals surface area contributed by atoms with E-state index in [4.69, 9.17) is 4.74 Å². The first-order valence-corrected chi connectivity index (χ1v) is 6.80.